The zero-order valence-corrected chi connectivity index (χ0v) is 15.5. The molecule has 7 heteroatoms. The highest BCUT2D eigenvalue weighted by Gasteiger charge is 2.25. The summed E-state index contributed by atoms with van der Waals surface area (Å²) in [5.74, 6) is -1.75. The molecule has 2 atom stereocenters. The van der Waals surface area contributed by atoms with Gasteiger partial charge in [-0.3, -0.25) is 9.59 Å². The molecule has 0 bridgehead atoms. The first kappa shape index (κ1) is 21.4. The van der Waals surface area contributed by atoms with Crippen molar-refractivity contribution in [2.45, 2.75) is 84.0 Å². The lowest BCUT2D eigenvalue weighted by atomic mass is 9.97. The van der Waals surface area contributed by atoms with Crippen LogP contribution in [0.1, 0.15) is 65.7 Å². The van der Waals surface area contributed by atoms with Gasteiger partial charge >= 0.3 is 5.97 Å². The molecule has 1 aliphatic rings. The van der Waals surface area contributed by atoms with Crippen molar-refractivity contribution in [1.29, 1.82) is 0 Å². The van der Waals surface area contributed by atoms with Gasteiger partial charge in [-0.15, -0.1) is 0 Å². The van der Waals surface area contributed by atoms with Gasteiger partial charge in [0.2, 0.25) is 11.8 Å². The standard InChI is InChI=1S/C18H32N2O5/c1-4-15(25-13-8-6-5-7-9-13)17(22)19-11-16(21)20-14(18(23)24)10-12(2)3/h12-15H,4-11H2,1-3H3,(H,19,22)(H,20,21)(H,23,24)/t14-,15?/m0/s1. The number of amides is 2. The molecule has 2 amide bonds. The summed E-state index contributed by atoms with van der Waals surface area (Å²) < 4.78 is 5.87. The molecular formula is C18H32N2O5. The van der Waals surface area contributed by atoms with Crippen molar-refractivity contribution in [2.75, 3.05) is 6.54 Å². The first-order chi connectivity index (χ1) is 11.8. The Hall–Kier alpha value is -1.63. The summed E-state index contributed by atoms with van der Waals surface area (Å²) in [4.78, 5) is 35.3. The van der Waals surface area contributed by atoms with E-state index in [-0.39, 0.29) is 24.5 Å². The lowest BCUT2D eigenvalue weighted by Gasteiger charge is -2.26. The van der Waals surface area contributed by atoms with Crippen LogP contribution in [-0.2, 0) is 19.1 Å². The maximum Gasteiger partial charge on any atom is 0.326 e. The van der Waals surface area contributed by atoms with E-state index >= 15 is 0 Å². The maximum absolute atomic E-state index is 12.2. The minimum atomic E-state index is -1.07. The molecule has 0 aliphatic heterocycles. The molecule has 1 saturated carbocycles. The Kier molecular flexibility index (Phi) is 9.49. The largest absolute Gasteiger partial charge is 0.480 e. The number of hydrogen-bond donors (Lipinski definition) is 3. The summed E-state index contributed by atoms with van der Waals surface area (Å²) in [7, 11) is 0. The molecule has 144 valence electrons. The van der Waals surface area contributed by atoms with Crippen LogP contribution in [0.3, 0.4) is 0 Å². The molecule has 1 aliphatic carbocycles. The van der Waals surface area contributed by atoms with E-state index in [1.54, 1.807) is 0 Å². The van der Waals surface area contributed by atoms with Gasteiger partial charge in [0, 0.05) is 0 Å². The van der Waals surface area contributed by atoms with Gasteiger partial charge in [-0.25, -0.2) is 4.79 Å². The zero-order valence-electron chi connectivity index (χ0n) is 15.5. The van der Waals surface area contributed by atoms with E-state index in [1.165, 1.54) is 6.42 Å². The van der Waals surface area contributed by atoms with Gasteiger partial charge in [0.05, 0.1) is 12.6 Å². The van der Waals surface area contributed by atoms with Crippen LogP contribution in [0.4, 0.5) is 0 Å². The Morgan fingerprint density at radius 3 is 2.32 bits per heavy atom. The van der Waals surface area contributed by atoms with Crippen LogP contribution < -0.4 is 10.6 Å². The summed E-state index contributed by atoms with van der Waals surface area (Å²) in [6.07, 6.45) is 5.83. The fourth-order valence-corrected chi connectivity index (χ4v) is 3.00. The van der Waals surface area contributed by atoms with Crippen molar-refractivity contribution in [2.24, 2.45) is 5.92 Å². The molecule has 1 rings (SSSR count). The number of ether oxygens (including phenoxy) is 1. The molecule has 3 N–H and O–H groups in total. The SMILES string of the molecule is CCC(OC1CCCCC1)C(=O)NCC(=O)N[C@@H](CC(C)C)C(=O)O. The van der Waals surface area contributed by atoms with Crippen molar-refractivity contribution in [3.63, 3.8) is 0 Å². The normalized spacial score (nSPS) is 17.8. The number of carbonyl (C=O) groups is 3. The lowest BCUT2D eigenvalue weighted by molar-refractivity contribution is -0.142. The van der Waals surface area contributed by atoms with Crippen LogP contribution in [0.2, 0.25) is 0 Å². The topological polar surface area (TPSA) is 105 Å². The molecule has 0 aromatic carbocycles. The second-order valence-electron chi connectivity index (χ2n) is 7.10. The van der Waals surface area contributed by atoms with Gasteiger partial charge in [0.1, 0.15) is 12.1 Å². The Bertz CT molecular complexity index is 447. The highest BCUT2D eigenvalue weighted by molar-refractivity contribution is 5.89. The van der Waals surface area contributed by atoms with Crippen LogP contribution in [-0.4, -0.2) is 47.7 Å². The third-order valence-electron chi connectivity index (χ3n) is 4.34. The minimum Gasteiger partial charge on any atom is -0.480 e. The Balaban J connectivity index is 2.41. The predicted octanol–water partition coefficient (Wildman–Crippen LogP) is 1.85. The van der Waals surface area contributed by atoms with Gasteiger partial charge in [-0.1, -0.05) is 40.0 Å². The summed E-state index contributed by atoms with van der Waals surface area (Å²) in [6, 6.07) is -0.940. The third-order valence-corrected chi connectivity index (χ3v) is 4.34. The first-order valence-electron chi connectivity index (χ1n) is 9.28. The number of carboxylic acid groups (broad SMARTS) is 1. The number of aliphatic carboxylic acids is 1. The Morgan fingerprint density at radius 1 is 1.16 bits per heavy atom. The molecule has 25 heavy (non-hydrogen) atoms. The number of nitrogens with one attached hydrogen (secondary N) is 2. The van der Waals surface area contributed by atoms with Crippen molar-refractivity contribution in [3.05, 3.63) is 0 Å². The molecule has 1 unspecified atom stereocenters. The van der Waals surface area contributed by atoms with Gasteiger partial charge in [0.15, 0.2) is 0 Å². The third kappa shape index (κ3) is 8.34. The molecule has 0 spiro atoms. The van der Waals surface area contributed by atoms with Crippen molar-refractivity contribution >= 4 is 17.8 Å². The number of carboxylic acids is 1. The van der Waals surface area contributed by atoms with E-state index in [9.17, 15) is 14.4 Å². The van der Waals surface area contributed by atoms with Gasteiger partial charge < -0.3 is 20.5 Å². The van der Waals surface area contributed by atoms with E-state index < -0.39 is 24.0 Å². The molecule has 0 heterocycles. The summed E-state index contributed by atoms with van der Waals surface area (Å²) >= 11 is 0. The van der Waals surface area contributed by atoms with Crippen LogP contribution in [0.15, 0.2) is 0 Å². The van der Waals surface area contributed by atoms with Crippen molar-refractivity contribution in [3.8, 4) is 0 Å². The number of hydrogen-bond acceptors (Lipinski definition) is 4. The molecular weight excluding hydrogens is 324 g/mol. The second kappa shape index (κ2) is 11.1. The summed E-state index contributed by atoms with van der Waals surface area (Å²) in [5.41, 5.74) is 0. The van der Waals surface area contributed by atoms with E-state index in [1.807, 2.05) is 20.8 Å². The summed E-state index contributed by atoms with van der Waals surface area (Å²) in [6.45, 7) is 5.40. The highest BCUT2D eigenvalue weighted by Crippen LogP contribution is 2.22. The monoisotopic (exact) mass is 356 g/mol. The molecule has 0 aromatic heterocycles. The predicted molar refractivity (Wildman–Crippen MR) is 94.1 cm³/mol. The van der Waals surface area contributed by atoms with Crippen LogP contribution in [0, 0.1) is 5.92 Å². The van der Waals surface area contributed by atoms with E-state index in [2.05, 4.69) is 10.6 Å². The molecule has 0 radical (unpaired) electrons. The van der Waals surface area contributed by atoms with Crippen molar-refractivity contribution in [1.82, 2.24) is 10.6 Å². The fraction of sp³-hybridized carbons (Fsp3) is 0.833. The van der Waals surface area contributed by atoms with E-state index in [0.717, 1.165) is 25.7 Å². The van der Waals surface area contributed by atoms with Crippen LogP contribution in [0.25, 0.3) is 0 Å². The first-order valence-corrected chi connectivity index (χ1v) is 9.28. The summed E-state index contributed by atoms with van der Waals surface area (Å²) in [5, 5.41) is 14.1. The van der Waals surface area contributed by atoms with Crippen molar-refractivity contribution < 1.29 is 24.2 Å². The van der Waals surface area contributed by atoms with E-state index in [4.69, 9.17) is 9.84 Å². The van der Waals surface area contributed by atoms with Gasteiger partial charge in [0.25, 0.3) is 0 Å². The van der Waals surface area contributed by atoms with Gasteiger partial charge in [-0.2, -0.15) is 0 Å². The van der Waals surface area contributed by atoms with Gasteiger partial charge in [-0.05, 0) is 31.6 Å². The maximum atomic E-state index is 12.2. The lowest BCUT2D eigenvalue weighted by Crippen LogP contribution is -2.48. The number of carbonyl (C=O) groups excluding carboxylic acids is 2. The number of rotatable bonds is 10. The van der Waals surface area contributed by atoms with Crippen LogP contribution in [0.5, 0.6) is 0 Å². The average molecular weight is 356 g/mol. The molecule has 0 saturated heterocycles. The average Bonchev–Trinajstić information content (AvgIpc) is 2.57. The Labute approximate surface area is 149 Å². The van der Waals surface area contributed by atoms with Crippen LogP contribution >= 0.6 is 0 Å². The quantitative estimate of drug-likeness (QED) is 0.554. The highest BCUT2D eigenvalue weighted by atomic mass is 16.5. The molecule has 0 aromatic rings. The van der Waals surface area contributed by atoms with E-state index in [0.29, 0.717) is 12.8 Å². The smallest absolute Gasteiger partial charge is 0.326 e. The minimum absolute atomic E-state index is 0.112. The zero-order chi connectivity index (χ0) is 18.8. The molecule has 7 nitrogen and oxygen atoms in total. The Morgan fingerprint density at radius 2 is 1.80 bits per heavy atom. The fourth-order valence-electron chi connectivity index (χ4n) is 3.00. The second-order valence-corrected chi connectivity index (χ2v) is 7.10. The molecule has 1 fully saturated rings.